The van der Waals surface area contributed by atoms with E-state index in [1.807, 2.05) is 0 Å². The Kier molecular flexibility index (Phi) is 7.62. The molecule has 0 saturated carbocycles. The second-order valence-electron chi connectivity index (χ2n) is 1.81. The van der Waals surface area contributed by atoms with Crippen LogP contribution in [0.1, 0.15) is 0 Å². The first-order valence-electron chi connectivity index (χ1n) is 3.40. The normalized spacial score (nSPS) is 7.38. The summed E-state index contributed by atoms with van der Waals surface area (Å²) in [5.41, 5.74) is 0. The zero-order chi connectivity index (χ0) is 8.49. The molecule has 4 nitrogen and oxygen atoms in total. The van der Waals surface area contributed by atoms with Gasteiger partial charge in [-0.25, -0.2) is 19.9 Å². The van der Waals surface area contributed by atoms with Crippen LogP contribution in [0, 0.1) is 0 Å². The summed E-state index contributed by atoms with van der Waals surface area (Å²) in [7, 11) is 0. The van der Waals surface area contributed by atoms with Gasteiger partial charge in [0.25, 0.3) is 0 Å². The van der Waals surface area contributed by atoms with E-state index in [9.17, 15) is 0 Å². The Labute approximate surface area is 83.6 Å². The summed E-state index contributed by atoms with van der Waals surface area (Å²) in [6.45, 7) is 0. The standard InChI is InChI=1S/2C4H4N2.H2S/c2*1-2-5-4-6-3-1;/h2*1-4H;1H2. The van der Waals surface area contributed by atoms with Crippen molar-refractivity contribution in [3.63, 3.8) is 0 Å². The van der Waals surface area contributed by atoms with Crippen molar-refractivity contribution in [2.24, 2.45) is 0 Å². The van der Waals surface area contributed by atoms with Crippen LogP contribution in [0.15, 0.2) is 49.6 Å². The van der Waals surface area contributed by atoms with E-state index in [0.29, 0.717) is 0 Å². The minimum Gasteiger partial charge on any atom is -0.245 e. The first-order valence-corrected chi connectivity index (χ1v) is 3.40. The van der Waals surface area contributed by atoms with Crippen LogP contribution >= 0.6 is 13.5 Å². The van der Waals surface area contributed by atoms with E-state index in [4.69, 9.17) is 0 Å². The number of hydrogen-bond donors (Lipinski definition) is 0. The predicted molar refractivity (Wildman–Crippen MR) is 54.4 cm³/mol. The first kappa shape index (κ1) is 11.5. The Morgan fingerprint density at radius 2 is 0.846 bits per heavy atom. The summed E-state index contributed by atoms with van der Waals surface area (Å²) in [5.74, 6) is 0. The smallest absolute Gasteiger partial charge is 0.115 e. The molecule has 0 spiro atoms. The molecule has 0 bridgehead atoms. The molecule has 0 aromatic carbocycles. The monoisotopic (exact) mass is 194 g/mol. The van der Waals surface area contributed by atoms with Crippen molar-refractivity contribution in [1.82, 2.24) is 19.9 Å². The van der Waals surface area contributed by atoms with Crippen molar-refractivity contribution >= 4 is 13.5 Å². The van der Waals surface area contributed by atoms with Crippen LogP contribution in [0.25, 0.3) is 0 Å². The van der Waals surface area contributed by atoms with Gasteiger partial charge in [0.15, 0.2) is 0 Å². The topological polar surface area (TPSA) is 51.6 Å². The highest BCUT2D eigenvalue weighted by Crippen LogP contribution is 1.67. The summed E-state index contributed by atoms with van der Waals surface area (Å²) in [4.78, 5) is 14.7. The van der Waals surface area contributed by atoms with Gasteiger partial charge in [0.05, 0.1) is 0 Å². The molecule has 0 unspecified atom stereocenters. The molecule has 2 aromatic rings. The van der Waals surface area contributed by atoms with E-state index in [1.54, 1.807) is 36.9 Å². The molecule has 5 heteroatoms. The lowest BCUT2D eigenvalue weighted by Gasteiger charge is -1.70. The maximum Gasteiger partial charge on any atom is 0.115 e. The molecule has 2 heterocycles. The van der Waals surface area contributed by atoms with Crippen molar-refractivity contribution in [2.45, 2.75) is 0 Å². The van der Waals surface area contributed by atoms with Gasteiger partial charge < -0.3 is 0 Å². The molecule has 68 valence electrons. The third-order valence-corrected chi connectivity index (χ3v) is 0.955. The van der Waals surface area contributed by atoms with Crippen LogP contribution < -0.4 is 0 Å². The van der Waals surface area contributed by atoms with E-state index in [2.05, 4.69) is 19.9 Å². The summed E-state index contributed by atoms with van der Waals surface area (Å²) < 4.78 is 0. The average Bonchev–Trinajstić information content (AvgIpc) is 2.24. The summed E-state index contributed by atoms with van der Waals surface area (Å²) in [6.07, 6.45) is 9.75. The second-order valence-corrected chi connectivity index (χ2v) is 1.81. The van der Waals surface area contributed by atoms with Gasteiger partial charge in [-0.15, -0.1) is 0 Å². The van der Waals surface area contributed by atoms with Gasteiger partial charge >= 0.3 is 0 Å². The maximum atomic E-state index is 3.67. The largest absolute Gasteiger partial charge is 0.245 e. The molecular formula is C8H10N4S. The molecule has 0 atom stereocenters. The van der Waals surface area contributed by atoms with E-state index in [1.165, 1.54) is 12.7 Å². The Morgan fingerprint density at radius 1 is 0.538 bits per heavy atom. The molecule has 0 saturated heterocycles. The molecule has 0 N–H and O–H groups in total. The Balaban J connectivity index is 0.000000206. The van der Waals surface area contributed by atoms with Crippen LogP contribution in [0.5, 0.6) is 0 Å². The van der Waals surface area contributed by atoms with E-state index >= 15 is 0 Å². The molecule has 0 aliphatic carbocycles. The summed E-state index contributed by atoms with van der Waals surface area (Å²) in [5, 5.41) is 0. The lowest BCUT2D eigenvalue weighted by Crippen LogP contribution is -1.66. The number of nitrogens with zero attached hydrogens (tertiary/aromatic N) is 4. The SMILES string of the molecule is S.c1cncnc1.c1cncnc1. The highest BCUT2D eigenvalue weighted by atomic mass is 32.1. The summed E-state index contributed by atoms with van der Waals surface area (Å²) >= 11 is 0. The lowest BCUT2D eigenvalue weighted by atomic mass is 10.7. The van der Waals surface area contributed by atoms with Crippen molar-refractivity contribution in [2.75, 3.05) is 0 Å². The Hall–Kier alpha value is -1.49. The minimum atomic E-state index is 0. The molecule has 0 aliphatic rings. The molecule has 0 fully saturated rings. The Bertz CT molecular complexity index is 192. The zero-order valence-electron chi connectivity index (χ0n) is 6.91. The average molecular weight is 194 g/mol. The lowest BCUT2D eigenvalue weighted by molar-refractivity contribution is 1.17. The van der Waals surface area contributed by atoms with Gasteiger partial charge in [-0.05, 0) is 12.1 Å². The molecule has 2 aromatic heterocycles. The van der Waals surface area contributed by atoms with E-state index < -0.39 is 0 Å². The fraction of sp³-hybridized carbons (Fsp3) is 0. The minimum absolute atomic E-state index is 0. The first-order chi connectivity index (χ1) is 6.00. The molecule has 0 aliphatic heterocycles. The number of hydrogen-bond acceptors (Lipinski definition) is 4. The van der Waals surface area contributed by atoms with Gasteiger partial charge in [0.1, 0.15) is 12.7 Å². The van der Waals surface area contributed by atoms with Crippen LogP contribution in [0.2, 0.25) is 0 Å². The molecule has 0 radical (unpaired) electrons. The van der Waals surface area contributed by atoms with E-state index in [0.717, 1.165) is 0 Å². The van der Waals surface area contributed by atoms with Crippen molar-refractivity contribution in [3.05, 3.63) is 49.6 Å². The predicted octanol–water partition coefficient (Wildman–Crippen LogP) is 1.07. The van der Waals surface area contributed by atoms with Crippen LogP contribution in [-0.4, -0.2) is 19.9 Å². The van der Waals surface area contributed by atoms with Gasteiger partial charge in [0.2, 0.25) is 0 Å². The Morgan fingerprint density at radius 3 is 0.923 bits per heavy atom. The van der Waals surface area contributed by atoms with Crippen LogP contribution in [0.3, 0.4) is 0 Å². The highest BCUT2D eigenvalue weighted by molar-refractivity contribution is 7.59. The van der Waals surface area contributed by atoms with Gasteiger partial charge in [-0.3, -0.25) is 0 Å². The quantitative estimate of drug-likeness (QED) is 0.629. The van der Waals surface area contributed by atoms with E-state index in [-0.39, 0.29) is 13.5 Å². The van der Waals surface area contributed by atoms with Gasteiger partial charge in [-0.1, -0.05) is 0 Å². The summed E-state index contributed by atoms with van der Waals surface area (Å²) in [6, 6.07) is 3.56. The third kappa shape index (κ3) is 6.89. The molecule has 2 rings (SSSR count). The number of aromatic nitrogens is 4. The molecule has 0 amide bonds. The highest BCUT2D eigenvalue weighted by Gasteiger charge is 1.59. The van der Waals surface area contributed by atoms with Gasteiger partial charge in [0, 0.05) is 24.8 Å². The molecular weight excluding hydrogens is 184 g/mol. The van der Waals surface area contributed by atoms with Crippen molar-refractivity contribution in [3.8, 4) is 0 Å². The van der Waals surface area contributed by atoms with Crippen molar-refractivity contribution in [1.29, 1.82) is 0 Å². The maximum absolute atomic E-state index is 3.67. The second kappa shape index (κ2) is 8.61. The molecule has 13 heavy (non-hydrogen) atoms. The fourth-order valence-electron chi connectivity index (χ4n) is 0.507. The van der Waals surface area contributed by atoms with Crippen LogP contribution in [-0.2, 0) is 0 Å². The number of rotatable bonds is 0. The fourth-order valence-corrected chi connectivity index (χ4v) is 0.507. The van der Waals surface area contributed by atoms with Crippen LogP contribution in [0.4, 0.5) is 0 Å². The zero-order valence-corrected chi connectivity index (χ0v) is 7.91. The van der Waals surface area contributed by atoms with Gasteiger partial charge in [-0.2, -0.15) is 13.5 Å². The van der Waals surface area contributed by atoms with Crippen molar-refractivity contribution < 1.29 is 0 Å². The third-order valence-electron chi connectivity index (χ3n) is 0.955.